The van der Waals surface area contributed by atoms with Gasteiger partial charge in [0.05, 0.1) is 19.6 Å². The summed E-state index contributed by atoms with van der Waals surface area (Å²) in [5, 5.41) is 18.0. The van der Waals surface area contributed by atoms with Crippen molar-refractivity contribution in [1.29, 1.82) is 0 Å². The second-order valence-electron chi connectivity index (χ2n) is 4.55. The Morgan fingerprint density at radius 2 is 2.00 bits per heavy atom. The maximum Gasteiger partial charge on any atom is 0.307 e. The van der Waals surface area contributed by atoms with E-state index in [1.807, 2.05) is 29.2 Å². The van der Waals surface area contributed by atoms with Crippen LogP contribution in [-0.4, -0.2) is 47.9 Å². The fraction of sp³-hybridized carbons (Fsp3) is 0.500. The molecule has 1 unspecified atom stereocenters. The van der Waals surface area contributed by atoms with Crippen molar-refractivity contribution in [2.24, 2.45) is 5.92 Å². The molecule has 5 heteroatoms. The molecule has 0 aliphatic carbocycles. The van der Waals surface area contributed by atoms with Crippen LogP contribution in [0.1, 0.15) is 12.5 Å². The summed E-state index contributed by atoms with van der Waals surface area (Å²) in [6.45, 7) is 3.18. The Labute approximate surface area is 113 Å². The minimum atomic E-state index is -0.822. The van der Waals surface area contributed by atoms with E-state index in [0.29, 0.717) is 19.6 Å². The Morgan fingerprint density at radius 1 is 1.37 bits per heavy atom. The number of nitrogens with zero attached hydrogens (tertiary/aromatic N) is 1. The summed E-state index contributed by atoms with van der Waals surface area (Å²) in [7, 11) is 1.61. The molecule has 0 saturated carbocycles. The molecule has 0 heterocycles. The van der Waals surface area contributed by atoms with Gasteiger partial charge in [-0.15, -0.1) is 0 Å². The molecule has 5 nitrogen and oxygen atoms in total. The van der Waals surface area contributed by atoms with Crippen molar-refractivity contribution in [1.82, 2.24) is 4.90 Å². The summed E-state index contributed by atoms with van der Waals surface area (Å²) in [6.07, 6.45) is 0. The van der Waals surface area contributed by atoms with Gasteiger partial charge in [-0.3, -0.25) is 9.69 Å². The molecule has 19 heavy (non-hydrogen) atoms. The number of benzene rings is 1. The molecule has 0 amide bonds. The van der Waals surface area contributed by atoms with E-state index in [9.17, 15) is 4.79 Å². The summed E-state index contributed by atoms with van der Waals surface area (Å²) >= 11 is 0. The summed E-state index contributed by atoms with van der Waals surface area (Å²) in [4.78, 5) is 12.8. The maximum absolute atomic E-state index is 10.9. The van der Waals surface area contributed by atoms with Gasteiger partial charge in [0.2, 0.25) is 0 Å². The van der Waals surface area contributed by atoms with E-state index in [0.717, 1.165) is 11.3 Å². The molecule has 106 valence electrons. The maximum atomic E-state index is 10.9. The van der Waals surface area contributed by atoms with Crippen LogP contribution in [0.5, 0.6) is 5.75 Å². The number of hydrogen-bond acceptors (Lipinski definition) is 4. The zero-order valence-corrected chi connectivity index (χ0v) is 11.4. The number of rotatable bonds is 8. The molecular weight excluding hydrogens is 246 g/mol. The number of carboxylic acid groups (broad SMARTS) is 1. The lowest BCUT2D eigenvalue weighted by atomic mass is 10.1. The number of carboxylic acids is 1. The van der Waals surface area contributed by atoms with Gasteiger partial charge >= 0.3 is 5.97 Å². The van der Waals surface area contributed by atoms with Crippen LogP contribution >= 0.6 is 0 Å². The van der Waals surface area contributed by atoms with Gasteiger partial charge in [0.1, 0.15) is 5.75 Å². The van der Waals surface area contributed by atoms with Crippen molar-refractivity contribution in [3.05, 3.63) is 29.8 Å². The predicted molar refractivity (Wildman–Crippen MR) is 72.2 cm³/mol. The van der Waals surface area contributed by atoms with Crippen molar-refractivity contribution >= 4 is 5.97 Å². The van der Waals surface area contributed by atoms with Crippen molar-refractivity contribution in [2.75, 3.05) is 26.8 Å². The second kappa shape index (κ2) is 7.76. The fourth-order valence-electron chi connectivity index (χ4n) is 1.83. The lowest BCUT2D eigenvalue weighted by Gasteiger charge is -2.23. The standard InChI is InChI=1S/C14H21NO4/c1-11(14(17)18)9-15(7-8-16)10-12-3-5-13(19-2)6-4-12/h3-6,11,16H,7-10H2,1-2H3,(H,17,18). The highest BCUT2D eigenvalue weighted by atomic mass is 16.5. The van der Waals surface area contributed by atoms with Crippen molar-refractivity contribution in [3.63, 3.8) is 0 Å². The monoisotopic (exact) mass is 267 g/mol. The summed E-state index contributed by atoms with van der Waals surface area (Å²) in [5.74, 6) is -0.487. The van der Waals surface area contributed by atoms with Gasteiger partial charge in [0, 0.05) is 19.6 Å². The molecule has 1 rings (SSSR count). The van der Waals surface area contributed by atoms with E-state index in [-0.39, 0.29) is 6.61 Å². The first-order valence-corrected chi connectivity index (χ1v) is 6.25. The number of aliphatic hydroxyl groups is 1. The second-order valence-corrected chi connectivity index (χ2v) is 4.55. The summed E-state index contributed by atoms with van der Waals surface area (Å²) in [6, 6.07) is 7.61. The molecule has 1 aromatic rings. The third-order valence-corrected chi connectivity index (χ3v) is 2.94. The lowest BCUT2D eigenvalue weighted by molar-refractivity contribution is -0.141. The first kappa shape index (κ1) is 15.5. The molecule has 0 aliphatic heterocycles. The van der Waals surface area contributed by atoms with Crippen LogP contribution in [-0.2, 0) is 11.3 Å². The highest BCUT2D eigenvalue weighted by molar-refractivity contribution is 5.69. The quantitative estimate of drug-likeness (QED) is 0.741. The predicted octanol–water partition coefficient (Wildman–Crippen LogP) is 1.21. The van der Waals surface area contributed by atoms with Crippen LogP contribution in [0.2, 0.25) is 0 Å². The van der Waals surface area contributed by atoms with Gasteiger partial charge in [-0.2, -0.15) is 0 Å². The van der Waals surface area contributed by atoms with E-state index in [1.165, 1.54) is 0 Å². The number of ether oxygens (including phenoxy) is 1. The zero-order chi connectivity index (χ0) is 14.3. The average molecular weight is 267 g/mol. The Hall–Kier alpha value is -1.59. The number of aliphatic carboxylic acids is 1. The highest BCUT2D eigenvalue weighted by Crippen LogP contribution is 2.13. The zero-order valence-electron chi connectivity index (χ0n) is 11.4. The van der Waals surface area contributed by atoms with E-state index >= 15 is 0 Å². The first-order chi connectivity index (χ1) is 9.06. The van der Waals surface area contributed by atoms with Crippen molar-refractivity contribution in [2.45, 2.75) is 13.5 Å². The number of hydrogen-bond donors (Lipinski definition) is 2. The average Bonchev–Trinajstić information content (AvgIpc) is 2.39. The summed E-state index contributed by atoms with van der Waals surface area (Å²) in [5.41, 5.74) is 1.06. The summed E-state index contributed by atoms with van der Waals surface area (Å²) < 4.78 is 5.09. The van der Waals surface area contributed by atoms with E-state index in [2.05, 4.69) is 0 Å². The molecule has 0 aliphatic rings. The van der Waals surface area contributed by atoms with Crippen molar-refractivity contribution in [3.8, 4) is 5.75 Å². The Morgan fingerprint density at radius 3 is 2.47 bits per heavy atom. The molecule has 0 aromatic heterocycles. The molecule has 0 spiro atoms. The highest BCUT2D eigenvalue weighted by Gasteiger charge is 2.16. The van der Waals surface area contributed by atoms with Gasteiger partial charge in [-0.25, -0.2) is 0 Å². The lowest BCUT2D eigenvalue weighted by Crippen LogP contribution is -2.33. The molecule has 1 atom stereocenters. The van der Waals surface area contributed by atoms with Crippen LogP contribution in [0.4, 0.5) is 0 Å². The molecule has 0 saturated heterocycles. The van der Waals surface area contributed by atoms with Crippen LogP contribution < -0.4 is 4.74 Å². The van der Waals surface area contributed by atoms with Gasteiger partial charge < -0.3 is 14.9 Å². The topological polar surface area (TPSA) is 70.0 Å². The van der Waals surface area contributed by atoms with E-state index < -0.39 is 11.9 Å². The van der Waals surface area contributed by atoms with Crippen LogP contribution in [0.25, 0.3) is 0 Å². The Bertz CT molecular complexity index is 391. The third kappa shape index (κ3) is 5.28. The van der Waals surface area contributed by atoms with Crippen LogP contribution in [0.3, 0.4) is 0 Å². The number of aliphatic hydroxyl groups excluding tert-OH is 1. The SMILES string of the molecule is COc1ccc(CN(CCO)CC(C)C(=O)O)cc1. The smallest absolute Gasteiger partial charge is 0.307 e. The first-order valence-electron chi connectivity index (χ1n) is 6.25. The molecule has 0 bridgehead atoms. The van der Waals surface area contributed by atoms with Gasteiger partial charge in [0.25, 0.3) is 0 Å². The Balaban J connectivity index is 2.63. The van der Waals surface area contributed by atoms with Gasteiger partial charge in [0.15, 0.2) is 0 Å². The van der Waals surface area contributed by atoms with E-state index in [1.54, 1.807) is 14.0 Å². The fourth-order valence-corrected chi connectivity index (χ4v) is 1.83. The minimum Gasteiger partial charge on any atom is -0.497 e. The molecular formula is C14H21NO4. The largest absolute Gasteiger partial charge is 0.497 e. The molecule has 1 aromatic carbocycles. The van der Waals surface area contributed by atoms with Crippen LogP contribution in [0, 0.1) is 5.92 Å². The van der Waals surface area contributed by atoms with Gasteiger partial charge in [-0.05, 0) is 17.7 Å². The third-order valence-electron chi connectivity index (χ3n) is 2.94. The normalized spacial score (nSPS) is 12.4. The van der Waals surface area contributed by atoms with Crippen molar-refractivity contribution < 1.29 is 19.7 Å². The minimum absolute atomic E-state index is 0.0164. The molecule has 2 N–H and O–H groups in total. The van der Waals surface area contributed by atoms with E-state index in [4.69, 9.17) is 14.9 Å². The van der Waals surface area contributed by atoms with Crippen LogP contribution in [0.15, 0.2) is 24.3 Å². The molecule has 0 radical (unpaired) electrons. The number of carbonyl (C=O) groups is 1. The molecule has 0 fully saturated rings. The Kier molecular flexibility index (Phi) is 6.32. The number of methoxy groups -OCH3 is 1. The van der Waals surface area contributed by atoms with Gasteiger partial charge in [-0.1, -0.05) is 19.1 Å².